The molecule has 0 saturated heterocycles. The van der Waals surface area contributed by atoms with Gasteiger partial charge in [0, 0.05) is 18.7 Å². The molecule has 0 N–H and O–H groups in total. The summed E-state index contributed by atoms with van der Waals surface area (Å²) in [7, 11) is 0. The Bertz CT molecular complexity index is 881. The summed E-state index contributed by atoms with van der Waals surface area (Å²) in [6.07, 6.45) is 3.54. The van der Waals surface area contributed by atoms with Gasteiger partial charge < -0.3 is 9.64 Å². The minimum atomic E-state index is -0.466. The molecule has 1 heterocycles. The van der Waals surface area contributed by atoms with E-state index in [4.69, 9.17) is 16.3 Å². The molecule has 1 atom stereocenters. The van der Waals surface area contributed by atoms with Crippen LogP contribution in [0.5, 0.6) is 0 Å². The molecular formula is C20H17ClFNO3. The molecule has 4 nitrogen and oxygen atoms in total. The Labute approximate surface area is 155 Å². The van der Waals surface area contributed by atoms with Crippen LogP contribution in [0.3, 0.4) is 0 Å². The van der Waals surface area contributed by atoms with E-state index in [0.29, 0.717) is 5.56 Å². The summed E-state index contributed by atoms with van der Waals surface area (Å²) in [5.74, 6) is -1.07. The van der Waals surface area contributed by atoms with Crippen LogP contribution in [0, 0.1) is 5.82 Å². The number of hydrogen-bond acceptors (Lipinski definition) is 3. The second-order valence-corrected chi connectivity index (χ2v) is 6.39. The van der Waals surface area contributed by atoms with Crippen LogP contribution >= 0.6 is 11.6 Å². The van der Waals surface area contributed by atoms with Crippen molar-refractivity contribution in [1.82, 2.24) is 4.90 Å². The zero-order chi connectivity index (χ0) is 18.7. The standard InChI is InChI=1S/C20H17ClFNO3/c1-13(24)23-9-8-14-4-2-3-5-17(14)19(23)11-20(25)26-12-15-6-7-16(22)10-18(15)21/h2-10,19H,11-12H2,1H3/t19-/m0/s1. The third kappa shape index (κ3) is 3.94. The van der Waals surface area contributed by atoms with E-state index in [2.05, 4.69) is 0 Å². The number of benzene rings is 2. The predicted octanol–water partition coefficient (Wildman–Crippen LogP) is 4.49. The van der Waals surface area contributed by atoms with Crippen molar-refractivity contribution in [1.29, 1.82) is 0 Å². The average Bonchev–Trinajstić information content (AvgIpc) is 2.61. The molecule has 1 aliphatic rings. The van der Waals surface area contributed by atoms with Crippen molar-refractivity contribution >= 4 is 29.6 Å². The average molecular weight is 374 g/mol. The molecule has 134 valence electrons. The Kier molecular flexibility index (Phi) is 5.38. The van der Waals surface area contributed by atoms with Gasteiger partial charge in [0.1, 0.15) is 12.4 Å². The molecule has 0 fully saturated rings. The molecule has 0 bridgehead atoms. The lowest BCUT2D eigenvalue weighted by atomic mass is 9.94. The van der Waals surface area contributed by atoms with Gasteiger partial charge in [0.25, 0.3) is 0 Å². The minimum absolute atomic E-state index is 0.0136. The quantitative estimate of drug-likeness (QED) is 0.742. The first kappa shape index (κ1) is 18.1. The van der Waals surface area contributed by atoms with Crippen molar-refractivity contribution in [3.8, 4) is 0 Å². The number of carbonyl (C=O) groups excluding carboxylic acids is 2. The second-order valence-electron chi connectivity index (χ2n) is 5.99. The lowest BCUT2D eigenvalue weighted by Gasteiger charge is -2.32. The molecule has 1 amide bonds. The van der Waals surface area contributed by atoms with Gasteiger partial charge in [-0.3, -0.25) is 9.59 Å². The van der Waals surface area contributed by atoms with E-state index in [1.807, 2.05) is 30.3 Å². The van der Waals surface area contributed by atoms with Gasteiger partial charge in [-0.05, 0) is 29.3 Å². The Balaban J connectivity index is 1.72. The summed E-state index contributed by atoms with van der Waals surface area (Å²) < 4.78 is 18.4. The molecule has 0 unspecified atom stereocenters. The van der Waals surface area contributed by atoms with Crippen molar-refractivity contribution in [2.24, 2.45) is 0 Å². The smallest absolute Gasteiger partial charge is 0.308 e. The summed E-state index contributed by atoms with van der Waals surface area (Å²) in [6, 6.07) is 11.1. The van der Waals surface area contributed by atoms with Gasteiger partial charge in [0.15, 0.2) is 0 Å². The van der Waals surface area contributed by atoms with Crippen LogP contribution in [0.25, 0.3) is 6.08 Å². The Hall–Kier alpha value is -2.66. The summed E-state index contributed by atoms with van der Waals surface area (Å²) in [5.41, 5.74) is 2.38. The molecule has 2 aromatic carbocycles. The molecule has 0 spiro atoms. The van der Waals surface area contributed by atoms with Crippen LogP contribution in [0.4, 0.5) is 4.39 Å². The fourth-order valence-electron chi connectivity index (χ4n) is 2.93. The molecule has 6 heteroatoms. The monoisotopic (exact) mass is 373 g/mol. The molecule has 1 aliphatic heterocycles. The maximum Gasteiger partial charge on any atom is 0.308 e. The number of carbonyl (C=O) groups is 2. The largest absolute Gasteiger partial charge is 0.461 e. The predicted molar refractivity (Wildman–Crippen MR) is 96.6 cm³/mol. The molecule has 26 heavy (non-hydrogen) atoms. The number of fused-ring (bicyclic) bond motifs is 1. The van der Waals surface area contributed by atoms with Crippen molar-refractivity contribution in [3.63, 3.8) is 0 Å². The third-order valence-corrected chi connectivity index (χ3v) is 4.58. The number of ether oxygens (including phenoxy) is 1. The minimum Gasteiger partial charge on any atom is -0.461 e. The number of rotatable bonds is 4. The Morgan fingerprint density at radius 2 is 2.00 bits per heavy atom. The highest BCUT2D eigenvalue weighted by atomic mass is 35.5. The highest BCUT2D eigenvalue weighted by Gasteiger charge is 2.28. The van der Waals surface area contributed by atoms with Crippen LogP contribution in [-0.4, -0.2) is 16.8 Å². The fraction of sp³-hybridized carbons (Fsp3) is 0.200. The van der Waals surface area contributed by atoms with E-state index in [-0.39, 0.29) is 24.0 Å². The first-order valence-corrected chi connectivity index (χ1v) is 8.49. The first-order chi connectivity index (χ1) is 12.5. The lowest BCUT2D eigenvalue weighted by molar-refractivity contribution is -0.146. The number of hydrogen-bond donors (Lipinski definition) is 0. The summed E-state index contributed by atoms with van der Waals surface area (Å²) in [4.78, 5) is 25.8. The molecule has 0 radical (unpaired) electrons. The highest BCUT2D eigenvalue weighted by Crippen LogP contribution is 2.33. The zero-order valence-corrected chi connectivity index (χ0v) is 14.9. The topological polar surface area (TPSA) is 46.6 Å². The first-order valence-electron chi connectivity index (χ1n) is 8.11. The normalized spacial score (nSPS) is 15.5. The number of esters is 1. The maximum atomic E-state index is 13.1. The van der Waals surface area contributed by atoms with Crippen LogP contribution in [0.1, 0.15) is 36.1 Å². The molecule has 2 aromatic rings. The molecule has 0 aliphatic carbocycles. The van der Waals surface area contributed by atoms with Crippen molar-refractivity contribution in [2.45, 2.75) is 26.0 Å². The van der Waals surface area contributed by atoms with Crippen molar-refractivity contribution in [3.05, 3.63) is 76.2 Å². The van der Waals surface area contributed by atoms with Gasteiger partial charge >= 0.3 is 5.97 Å². The zero-order valence-electron chi connectivity index (χ0n) is 14.1. The molecular weight excluding hydrogens is 357 g/mol. The summed E-state index contributed by atoms with van der Waals surface area (Å²) in [5, 5.41) is 0.203. The van der Waals surface area contributed by atoms with Gasteiger partial charge in [0.05, 0.1) is 17.5 Å². The fourth-order valence-corrected chi connectivity index (χ4v) is 3.15. The van der Waals surface area contributed by atoms with Crippen LogP contribution in [-0.2, 0) is 20.9 Å². The summed E-state index contributed by atoms with van der Waals surface area (Å²) in [6.45, 7) is 1.40. The van der Waals surface area contributed by atoms with Crippen LogP contribution in [0.2, 0.25) is 5.02 Å². The second kappa shape index (κ2) is 7.70. The van der Waals surface area contributed by atoms with Crippen molar-refractivity contribution < 1.29 is 18.7 Å². The maximum absolute atomic E-state index is 13.1. The lowest BCUT2D eigenvalue weighted by Crippen LogP contribution is -2.32. The third-order valence-electron chi connectivity index (χ3n) is 4.23. The van der Waals surface area contributed by atoms with E-state index in [0.717, 1.165) is 11.1 Å². The van der Waals surface area contributed by atoms with Crippen LogP contribution < -0.4 is 0 Å². The van der Waals surface area contributed by atoms with E-state index in [9.17, 15) is 14.0 Å². The SMILES string of the molecule is CC(=O)N1C=Cc2ccccc2[C@@H]1CC(=O)OCc1ccc(F)cc1Cl. The number of nitrogens with zero attached hydrogens (tertiary/aromatic N) is 1. The van der Waals surface area contributed by atoms with E-state index < -0.39 is 17.8 Å². The van der Waals surface area contributed by atoms with Crippen LogP contribution in [0.15, 0.2) is 48.7 Å². The summed E-state index contributed by atoms with van der Waals surface area (Å²) >= 11 is 5.94. The highest BCUT2D eigenvalue weighted by molar-refractivity contribution is 6.31. The van der Waals surface area contributed by atoms with Crippen molar-refractivity contribution in [2.75, 3.05) is 0 Å². The Morgan fingerprint density at radius 1 is 1.23 bits per heavy atom. The van der Waals surface area contributed by atoms with Gasteiger partial charge in [-0.1, -0.05) is 41.9 Å². The van der Waals surface area contributed by atoms with Gasteiger partial charge in [0.2, 0.25) is 5.91 Å². The number of amides is 1. The van der Waals surface area contributed by atoms with E-state index in [1.54, 1.807) is 6.20 Å². The van der Waals surface area contributed by atoms with Gasteiger partial charge in [-0.25, -0.2) is 4.39 Å². The van der Waals surface area contributed by atoms with E-state index >= 15 is 0 Å². The molecule has 0 aromatic heterocycles. The Morgan fingerprint density at radius 3 is 2.73 bits per heavy atom. The van der Waals surface area contributed by atoms with Gasteiger partial charge in [-0.2, -0.15) is 0 Å². The molecule has 3 rings (SSSR count). The van der Waals surface area contributed by atoms with Gasteiger partial charge in [-0.15, -0.1) is 0 Å². The van der Waals surface area contributed by atoms with E-state index in [1.165, 1.54) is 30.0 Å². The molecule has 0 saturated carbocycles. The number of halogens is 2.